The van der Waals surface area contributed by atoms with E-state index in [1.54, 1.807) is 0 Å². The van der Waals surface area contributed by atoms with Crippen molar-refractivity contribution in [2.45, 2.75) is 64.1 Å². The molecule has 3 saturated heterocycles. The Morgan fingerprint density at radius 1 is 1.23 bits per heavy atom. The molecule has 0 unspecified atom stereocenters. The van der Waals surface area contributed by atoms with Gasteiger partial charge in [0, 0.05) is 49.8 Å². The van der Waals surface area contributed by atoms with Crippen molar-refractivity contribution in [1.29, 1.82) is 0 Å². The Labute approximate surface area is 156 Å². The average molecular weight is 354 g/mol. The number of hydrogen-bond acceptors (Lipinski definition) is 4. The normalized spacial score (nSPS) is 32.7. The minimum absolute atomic E-state index is 0.833. The number of hydrogen-bond donors (Lipinski definition) is 1. The van der Waals surface area contributed by atoms with E-state index in [0.29, 0.717) is 0 Å². The predicted molar refractivity (Wildman–Crippen MR) is 104 cm³/mol. The van der Waals surface area contributed by atoms with E-state index >= 15 is 0 Å². The number of likely N-dealkylation sites (tertiary alicyclic amines) is 1. The van der Waals surface area contributed by atoms with E-state index in [9.17, 15) is 0 Å². The standard InChI is InChI=1S/C21H31N5/c1-2-5-17-6-3-8-20-16-10-15(12-26(17)20)11-25(13-16)14-19-18-7-4-9-22-21(18)24-23-19/h4,7,9,15-17,20H,2-3,5-6,8,10-14H2,1H3,(H,22,23,24)/t15-,16+,17-,20-/m0/s1. The van der Waals surface area contributed by atoms with Gasteiger partial charge in [-0.3, -0.25) is 14.9 Å². The molecule has 0 saturated carbocycles. The second-order valence-corrected chi connectivity index (χ2v) is 8.77. The van der Waals surface area contributed by atoms with Gasteiger partial charge < -0.3 is 0 Å². The molecule has 3 aliphatic heterocycles. The fourth-order valence-electron chi connectivity index (χ4n) is 6.03. The Kier molecular flexibility index (Phi) is 4.45. The molecule has 2 aromatic rings. The zero-order valence-corrected chi connectivity index (χ0v) is 15.9. The third kappa shape index (κ3) is 2.95. The van der Waals surface area contributed by atoms with Crippen molar-refractivity contribution in [1.82, 2.24) is 25.0 Å². The smallest absolute Gasteiger partial charge is 0.181 e. The van der Waals surface area contributed by atoms with Crippen molar-refractivity contribution in [3.63, 3.8) is 0 Å². The van der Waals surface area contributed by atoms with Gasteiger partial charge in [0.25, 0.3) is 0 Å². The van der Waals surface area contributed by atoms with Crippen molar-refractivity contribution in [3.8, 4) is 0 Å². The number of aromatic nitrogens is 3. The van der Waals surface area contributed by atoms with Crippen LogP contribution in [0.2, 0.25) is 0 Å². The number of piperidine rings is 3. The lowest BCUT2D eigenvalue weighted by Crippen LogP contribution is -2.61. The molecule has 0 spiro atoms. The zero-order valence-electron chi connectivity index (χ0n) is 15.9. The van der Waals surface area contributed by atoms with Crippen LogP contribution in [0.3, 0.4) is 0 Å². The minimum Gasteiger partial charge on any atom is -0.297 e. The largest absolute Gasteiger partial charge is 0.297 e. The summed E-state index contributed by atoms with van der Waals surface area (Å²) >= 11 is 0. The van der Waals surface area contributed by atoms with Crippen LogP contribution in [-0.2, 0) is 6.54 Å². The number of nitrogens with one attached hydrogen (secondary N) is 1. The van der Waals surface area contributed by atoms with E-state index < -0.39 is 0 Å². The second-order valence-electron chi connectivity index (χ2n) is 8.77. The Balaban J connectivity index is 1.31. The molecule has 26 heavy (non-hydrogen) atoms. The number of fused-ring (bicyclic) bond motifs is 5. The van der Waals surface area contributed by atoms with Crippen LogP contribution in [0.5, 0.6) is 0 Å². The van der Waals surface area contributed by atoms with Crippen LogP contribution in [0.25, 0.3) is 11.0 Å². The van der Waals surface area contributed by atoms with Crippen molar-refractivity contribution in [2.75, 3.05) is 19.6 Å². The second kappa shape index (κ2) is 6.93. The quantitative estimate of drug-likeness (QED) is 0.915. The monoisotopic (exact) mass is 353 g/mol. The molecule has 140 valence electrons. The summed E-state index contributed by atoms with van der Waals surface area (Å²) < 4.78 is 0. The van der Waals surface area contributed by atoms with Gasteiger partial charge >= 0.3 is 0 Å². The van der Waals surface area contributed by atoms with Crippen LogP contribution in [-0.4, -0.2) is 56.7 Å². The van der Waals surface area contributed by atoms with Gasteiger partial charge in [0.15, 0.2) is 5.65 Å². The lowest BCUT2D eigenvalue weighted by atomic mass is 9.74. The highest BCUT2D eigenvalue weighted by atomic mass is 15.3. The average Bonchev–Trinajstić information content (AvgIpc) is 3.06. The number of pyridine rings is 1. The lowest BCUT2D eigenvalue weighted by Gasteiger charge is -2.55. The van der Waals surface area contributed by atoms with Crippen molar-refractivity contribution >= 4 is 11.0 Å². The first-order valence-electron chi connectivity index (χ1n) is 10.6. The molecule has 5 rings (SSSR count). The molecule has 3 fully saturated rings. The van der Waals surface area contributed by atoms with Crippen LogP contribution >= 0.6 is 0 Å². The molecule has 0 aliphatic carbocycles. The first-order chi connectivity index (χ1) is 12.8. The molecule has 2 aromatic heterocycles. The molecule has 5 heterocycles. The van der Waals surface area contributed by atoms with Gasteiger partial charge in [0.05, 0.1) is 5.69 Å². The summed E-state index contributed by atoms with van der Waals surface area (Å²) in [6, 6.07) is 5.85. The van der Waals surface area contributed by atoms with Gasteiger partial charge in [-0.1, -0.05) is 19.8 Å². The maximum Gasteiger partial charge on any atom is 0.181 e. The fraction of sp³-hybridized carbons (Fsp3) is 0.714. The van der Waals surface area contributed by atoms with Crippen LogP contribution in [0.15, 0.2) is 18.3 Å². The number of H-pyrrole nitrogens is 1. The molecule has 4 atom stereocenters. The summed E-state index contributed by atoms with van der Waals surface area (Å²) in [6.45, 7) is 7.14. The minimum atomic E-state index is 0.833. The Morgan fingerprint density at radius 2 is 2.19 bits per heavy atom. The first-order valence-corrected chi connectivity index (χ1v) is 10.6. The third-order valence-corrected chi connectivity index (χ3v) is 7.00. The van der Waals surface area contributed by atoms with Crippen LogP contribution in [0.4, 0.5) is 0 Å². The Morgan fingerprint density at radius 3 is 3.12 bits per heavy atom. The summed E-state index contributed by atoms with van der Waals surface area (Å²) in [6.07, 6.45) is 10.3. The molecule has 0 amide bonds. The van der Waals surface area contributed by atoms with Crippen LogP contribution < -0.4 is 0 Å². The maximum absolute atomic E-state index is 4.38. The zero-order chi connectivity index (χ0) is 17.5. The van der Waals surface area contributed by atoms with Gasteiger partial charge in [-0.2, -0.15) is 5.10 Å². The van der Waals surface area contributed by atoms with E-state index in [1.165, 1.54) is 69.2 Å². The third-order valence-electron chi connectivity index (χ3n) is 7.00. The molecule has 0 aromatic carbocycles. The molecule has 5 heteroatoms. The summed E-state index contributed by atoms with van der Waals surface area (Å²) in [7, 11) is 0. The molecule has 5 nitrogen and oxygen atoms in total. The summed E-state index contributed by atoms with van der Waals surface area (Å²) in [4.78, 5) is 9.97. The molecular weight excluding hydrogens is 322 g/mol. The topological polar surface area (TPSA) is 48.1 Å². The fourth-order valence-corrected chi connectivity index (χ4v) is 6.03. The lowest BCUT2D eigenvalue weighted by molar-refractivity contribution is -0.0599. The van der Waals surface area contributed by atoms with E-state index in [2.05, 4.69) is 38.0 Å². The molecule has 0 radical (unpaired) electrons. The summed E-state index contributed by atoms with van der Waals surface area (Å²) in [5.41, 5.74) is 2.08. The SMILES string of the molecule is CCC[C@H]1CCC[C@H]2[C@@H]3C[C@@H](CN(Cc4[nH]nc5ncccc45)C3)CN12. The van der Waals surface area contributed by atoms with Crippen LogP contribution in [0, 0.1) is 11.8 Å². The highest BCUT2D eigenvalue weighted by Gasteiger charge is 2.44. The summed E-state index contributed by atoms with van der Waals surface area (Å²) in [5.74, 6) is 1.70. The van der Waals surface area contributed by atoms with Gasteiger partial charge in [0.2, 0.25) is 0 Å². The highest BCUT2D eigenvalue weighted by Crippen LogP contribution is 2.40. The number of rotatable bonds is 4. The first kappa shape index (κ1) is 16.7. The maximum atomic E-state index is 4.38. The Hall–Kier alpha value is -1.46. The van der Waals surface area contributed by atoms with Gasteiger partial charge in [0.1, 0.15) is 0 Å². The number of nitrogens with zero attached hydrogens (tertiary/aromatic N) is 4. The highest BCUT2D eigenvalue weighted by molar-refractivity contribution is 5.77. The number of aromatic amines is 1. The van der Waals surface area contributed by atoms with Gasteiger partial charge in [-0.15, -0.1) is 0 Å². The van der Waals surface area contributed by atoms with Gasteiger partial charge in [-0.05, 0) is 49.7 Å². The van der Waals surface area contributed by atoms with Gasteiger partial charge in [-0.25, -0.2) is 4.98 Å². The van der Waals surface area contributed by atoms with E-state index in [1.807, 2.05) is 12.3 Å². The van der Waals surface area contributed by atoms with E-state index in [-0.39, 0.29) is 0 Å². The predicted octanol–water partition coefficient (Wildman–Crippen LogP) is 3.43. The van der Waals surface area contributed by atoms with E-state index in [4.69, 9.17) is 0 Å². The summed E-state index contributed by atoms with van der Waals surface area (Å²) in [5, 5.41) is 8.81. The molecule has 2 bridgehead atoms. The van der Waals surface area contributed by atoms with Crippen molar-refractivity contribution in [3.05, 3.63) is 24.0 Å². The van der Waals surface area contributed by atoms with Crippen molar-refractivity contribution < 1.29 is 0 Å². The van der Waals surface area contributed by atoms with Crippen LogP contribution in [0.1, 0.15) is 51.1 Å². The molecule has 1 N–H and O–H groups in total. The molecule has 3 aliphatic rings. The Bertz CT molecular complexity index is 754. The van der Waals surface area contributed by atoms with E-state index in [0.717, 1.165) is 36.1 Å². The van der Waals surface area contributed by atoms with Crippen molar-refractivity contribution in [2.24, 2.45) is 11.8 Å². The molecular formula is C21H31N5.